The first-order valence-corrected chi connectivity index (χ1v) is 9.38. The van der Waals surface area contributed by atoms with Gasteiger partial charge in [0.25, 0.3) is 0 Å². The molecular weight excluding hydrogens is 322 g/mol. The second-order valence-corrected chi connectivity index (χ2v) is 7.31. The summed E-state index contributed by atoms with van der Waals surface area (Å²) in [6, 6.07) is 17.7. The fourth-order valence-corrected chi connectivity index (χ4v) is 3.82. The van der Waals surface area contributed by atoms with Crippen LogP contribution in [0.2, 0.25) is 0 Å². The summed E-state index contributed by atoms with van der Waals surface area (Å²) in [7, 11) is 3.95. The topological polar surface area (TPSA) is 40.3 Å². The molecule has 136 valence electrons. The average Bonchev–Trinajstić information content (AvgIpc) is 3.09. The lowest BCUT2D eigenvalue weighted by atomic mass is 10.0. The van der Waals surface area contributed by atoms with Crippen LogP contribution >= 0.6 is 0 Å². The third-order valence-electron chi connectivity index (χ3n) is 5.26. The number of benzene rings is 2. The first kappa shape index (κ1) is 17.1. The summed E-state index contributed by atoms with van der Waals surface area (Å²) in [5.74, 6) is 0. The van der Waals surface area contributed by atoms with Gasteiger partial charge in [-0.3, -0.25) is 0 Å². The van der Waals surface area contributed by atoms with Gasteiger partial charge in [0.15, 0.2) is 0 Å². The number of aromatic nitrogens is 1. The van der Waals surface area contributed by atoms with Crippen molar-refractivity contribution in [2.75, 3.05) is 32.6 Å². The molecule has 1 aromatic heterocycles. The van der Waals surface area contributed by atoms with Crippen LogP contribution in [-0.2, 0) is 11.3 Å². The molecule has 3 aromatic rings. The Kier molecular flexibility index (Phi) is 4.96. The molecule has 0 aliphatic carbocycles. The summed E-state index contributed by atoms with van der Waals surface area (Å²) >= 11 is 0. The van der Waals surface area contributed by atoms with Crippen molar-refractivity contribution < 1.29 is 4.74 Å². The molecule has 0 unspecified atom stereocenters. The minimum Gasteiger partial charge on any atom is -0.381 e. The van der Waals surface area contributed by atoms with E-state index in [-0.39, 0.29) is 0 Å². The van der Waals surface area contributed by atoms with Crippen LogP contribution in [0, 0.1) is 0 Å². The number of nitrogens with zero attached hydrogens (tertiary/aromatic N) is 1. The maximum Gasteiger partial charge on any atom is 0.0714 e. The highest BCUT2D eigenvalue weighted by atomic mass is 16.5. The van der Waals surface area contributed by atoms with E-state index in [0.29, 0.717) is 12.6 Å². The van der Waals surface area contributed by atoms with Crippen molar-refractivity contribution in [3.8, 4) is 11.3 Å². The molecule has 4 heteroatoms. The summed E-state index contributed by atoms with van der Waals surface area (Å²) in [5.41, 5.74) is 5.94. The number of H-pyrrole nitrogens is 1. The highest BCUT2D eigenvalue weighted by Crippen LogP contribution is 2.31. The molecule has 0 amide bonds. The number of hydrogen-bond donors (Lipinski definition) is 2. The third-order valence-corrected chi connectivity index (χ3v) is 5.26. The number of methoxy groups -OCH3 is 1. The van der Waals surface area contributed by atoms with Crippen molar-refractivity contribution in [2.24, 2.45) is 0 Å². The zero-order valence-electron chi connectivity index (χ0n) is 15.6. The number of anilines is 1. The van der Waals surface area contributed by atoms with E-state index < -0.39 is 0 Å². The first-order chi connectivity index (χ1) is 12.7. The summed E-state index contributed by atoms with van der Waals surface area (Å²) < 4.78 is 5.38. The van der Waals surface area contributed by atoms with Gasteiger partial charge < -0.3 is 19.9 Å². The van der Waals surface area contributed by atoms with Gasteiger partial charge in [0.1, 0.15) is 0 Å². The average molecular weight is 349 g/mol. The Morgan fingerprint density at radius 1 is 1.12 bits per heavy atom. The highest BCUT2D eigenvalue weighted by molar-refractivity contribution is 5.95. The van der Waals surface area contributed by atoms with Gasteiger partial charge in [-0.1, -0.05) is 30.3 Å². The van der Waals surface area contributed by atoms with Gasteiger partial charge in [-0.05, 0) is 62.3 Å². The Morgan fingerprint density at radius 2 is 1.88 bits per heavy atom. The van der Waals surface area contributed by atoms with Crippen molar-refractivity contribution in [3.63, 3.8) is 0 Å². The van der Waals surface area contributed by atoms with Crippen molar-refractivity contribution in [2.45, 2.75) is 25.5 Å². The number of ether oxygens (including phenoxy) is 1. The third kappa shape index (κ3) is 3.62. The SMILES string of the molecule is COCc1cc(NC2CCN(C)CC2)c2[nH]c(-c3ccccc3)cc2c1. The van der Waals surface area contributed by atoms with Gasteiger partial charge in [0.05, 0.1) is 17.8 Å². The minimum atomic E-state index is 0.524. The predicted octanol–water partition coefficient (Wildman–Crippen LogP) is 4.49. The minimum absolute atomic E-state index is 0.524. The van der Waals surface area contributed by atoms with E-state index in [1.807, 2.05) is 0 Å². The van der Waals surface area contributed by atoms with E-state index in [1.165, 1.54) is 40.6 Å². The number of nitrogens with one attached hydrogen (secondary N) is 2. The first-order valence-electron chi connectivity index (χ1n) is 9.38. The van der Waals surface area contributed by atoms with E-state index in [4.69, 9.17) is 4.74 Å². The summed E-state index contributed by atoms with van der Waals surface area (Å²) in [6.07, 6.45) is 2.36. The molecule has 1 aliphatic rings. The number of fused-ring (bicyclic) bond motifs is 1. The van der Waals surface area contributed by atoms with Crippen LogP contribution in [0.15, 0.2) is 48.5 Å². The second kappa shape index (κ2) is 7.52. The fraction of sp³-hybridized carbons (Fsp3) is 0.364. The molecule has 2 aromatic carbocycles. The summed E-state index contributed by atoms with van der Waals surface area (Å²) in [6.45, 7) is 2.93. The van der Waals surface area contributed by atoms with E-state index in [0.717, 1.165) is 18.8 Å². The van der Waals surface area contributed by atoms with Crippen LogP contribution in [0.4, 0.5) is 5.69 Å². The maximum absolute atomic E-state index is 5.38. The van der Waals surface area contributed by atoms with Crippen molar-refractivity contribution in [1.29, 1.82) is 0 Å². The fourth-order valence-electron chi connectivity index (χ4n) is 3.82. The Balaban J connectivity index is 1.70. The van der Waals surface area contributed by atoms with Crippen molar-refractivity contribution in [1.82, 2.24) is 9.88 Å². The molecule has 0 spiro atoms. The Bertz CT molecular complexity index is 864. The Hall–Kier alpha value is -2.30. The molecule has 4 rings (SSSR count). The molecule has 26 heavy (non-hydrogen) atoms. The van der Waals surface area contributed by atoms with Crippen LogP contribution in [0.1, 0.15) is 18.4 Å². The maximum atomic E-state index is 5.38. The summed E-state index contributed by atoms with van der Waals surface area (Å²) in [4.78, 5) is 6.03. The number of rotatable bonds is 5. The highest BCUT2D eigenvalue weighted by Gasteiger charge is 2.18. The van der Waals surface area contributed by atoms with Crippen molar-refractivity contribution >= 4 is 16.6 Å². The van der Waals surface area contributed by atoms with Gasteiger partial charge in [0.2, 0.25) is 0 Å². The number of piperidine rings is 1. The lowest BCUT2D eigenvalue weighted by Gasteiger charge is -2.30. The van der Waals surface area contributed by atoms with Crippen LogP contribution in [0.3, 0.4) is 0 Å². The van der Waals surface area contributed by atoms with Crippen molar-refractivity contribution in [3.05, 3.63) is 54.1 Å². The lowest BCUT2D eigenvalue weighted by Crippen LogP contribution is -2.36. The molecule has 4 nitrogen and oxygen atoms in total. The number of aromatic amines is 1. The number of hydrogen-bond acceptors (Lipinski definition) is 3. The molecule has 0 radical (unpaired) electrons. The van der Waals surface area contributed by atoms with Gasteiger partial charge in [-0.2, -0.15) is 0 Å². The largest absolute Gasteiger partial charge is 0.381 e. The molecule has 0 saturated carbocycles. The zero-order chi connectivity index (χ0) is 17.9. The van der Waals surface area contributed by atoms with Gasteiger partial charge in [-0.15, -0.1) is 0 Å². The van der Waals surface area contributed by atoms with E-state index >= 15 is 0 Å². The van der Waals surface area contributed by atoms with E-state index in [1.54, 1.807) is 7.11 Å². The van der Waals surface area contributed by atoms with Gasteiger partial charge in [0, 0.05) is 24.2 Å². The van der Waals surface area contributed by atoms with Crippen LogP contribution in [-0.4, -0.2) is 43.2 Å². The molecule has 1 aliphatic heterocycles. The van der Waals surface area contributed by atoms with Crippen LogP contribution in [0.5, 0.6) is 0 Å². The molecular formula is C22H27N3O. The summed E-state index contributed by atoms with van der Waals surface area (Å²) in [5, 5.41) is 5.02. The van der Waals surface area contributed by atoms with E-state index in [9.17, 15) is 0 Å². The quantitative estimate of drug-likeness (QED) is 0.713. The predicted molar refractivity (Wildman–Crippen MR) is 109 cm³/mol. The Morgan fingerprint density at radius 3 is 2.62 bits per heavy atom. The monoisotopic (exact) mass is 349 g/mol. The van der Waals surface area contributed by atoms with Crippen LogP contribution < -0.4 is 5.32 Å². The van der Waals surface area contributed by atoms with Crippen LogP contribution in [0.25, 0.3) is 22.2 Å². The standard InChI is InChI=1S/C22H27N3O/c1-25-10-8-19(9-11-25)23-21-13-16(15-26-2)12-18-14-20(24-22(18)21)17-6-4-3-5-7-17/h3-7,12-14,19,23-24H,8-11,15H2,1-2H3. The molecule has 2 N–H and O–H groups in total. The molecule has 0 bridgehead atoms. The molecule has 2 heterocycles. The molecule has 1 fully saturated rings. The second-order valence-electron chi connectivity index (χ2n) is 7.31. The number of likely N-dealkylation sites (tertiary alicyclic amines) is 1. The molecule has 1 saturated heterocycles. The smallest absolute Gasteiger partial charge is 0.0714 e. The normalized spacial score (nSPS) is 16.2. The molecule has 0 atom stereocenters. The Labute approximate surface area is 155 Å². The van der Waals surface area contributed by atoms with E-state index in [2.05, 4.69) is 70.8 Å². The zero-order valence-corrected chi connectivity index (χ0v) is 15.6. The van der Waals surface area contributed by atoms with Gasteiger partial charge in [-0.25, -0.2) is 0 Å². The van der Waals surface area contributed by atoms with Gasteiger partial charge >= 0.3 is 0 Å². The lowest BCUT2D eigenvalue weighted by molar-refractivity contribution is 0.185.